The third-order valence-electron chi connectivity index (χ3n) is 3.48. The minimum Gasteiger partial charge on any atom is -0.337 e. The van der Waals surface area contributed by atoms with Gasteiger partial charge in [0.2, 0.25) is 0 Å². The Bertz CT molecular complexity index is 506. The van der Waals surface area contributed by atoms with Crippen LogP contribution in [0.1, 0.15) is 23.7 Å². The molecule has 0 radical (unpaired) electrons. The van der Waals surface area contributed by atoms with Crippen molar-refractivity contribution in [1.29, 1.82) is 0 Å². The van der Waals surface area contributed by atoms with Crippen LogP contribution in [0.3, 0.4) is 0 Å². The van der Waals surface area contributed by atoms with E-state index < -0.39 is 4.92 Å². The zero-order valence-corrected chi connectivity index (χ0v) is 11.3. The smallest absolute Gasteiger partial charge is 0.282 e. The van der Waals surface area contributed by atoms with E-state index in [4.69, 9.17) is 11.6 Å². The molecule has 0 N–H and O–H groups in total. The van der Waals surface area contributed by atoms with Crippen LogP contribution >= 0.6 is 11.6 Å². The number of benzene rings is 1. The van der Waals surface area contributed by atoms with Crippen LogP contribution in [0.15, 0.2) is 24.3 Å². The average Bonchev–Trinajstić information content (AvgIpc) is 2.41. The monoisotopic (exact) mass is 282 g/mol. The molecule has 19 heavy (non-hydrogen) atoms. The van der Waals surface area contributed by atoms with Gasteiger partial charge < -0.3 is 4.90 Å². The molecule has 0 saturated carbocycles. The first kappa shape index (κ1) is 13.8. The first-order valence-electron chi connectivity index (χ1n) is 6.17. The molecule has 6 heteroatoms. The van der Waals surface area contributed by atoms with Crippen molar-refractivity contribution in [2.45, 2.75) is 18.7 Å². The van der Waals surface area contributed by atoms with Crippen molar-refractivity contribution in [2.24, 2.45) is 5.92 Å². The number of hydrogen-bond donors (Lipinski definition) is 0. The largest absolute Gasteiger partial charge is 0.337 e. The van der Waals surface area contributed by atoms with E-state index in [0.29, 0.717) is 19.0 Å². The molecule has 1 heterocycles. The van der Waals surface area contributed by atoms with E-state index >= 15 is 0 Å². The number of hydrogen-bond acceptors (Lipinski definition) is 3. The number of nitrogens with zero attached hydrogens (tertiary/aromatic N) is 2. The maximum absolute atomic E-state index is 12.3. The second-order valence-electron chi connectivity index (χ2n) is 4.81. The van der Waals surface area contributed by atoms with Crippen LogP contribution in [0.5, 0.6) is 0 Å². The summed E-state index contributed by atoms with van der Waals surface area (Å²) >= 11 is 6.17. The van der Waals surface area contributed by atoms with Crippen LogP contribution < -0.4 is 0 Å². The number of amides is 1. The third-order valence-corrected chi connectivity index (χ3v) is 4.05. The lowest BCUT2D eigenvalue weighted by Gasteiger charge is -2.33. The Labute approximate surface area is 116 Å². The molecule has 0 spiro atoms. The summed E-state index contributed by atoms with van der Waals surface area (Å²) in [5, 5.41) is 10.8. The lowest BCUT2D eigenvalue weighted by molar-refractivity contribution is -0.385. The van der Waals surface area contributed by atoms with Crippen molar-refractivity contribution < 1.29 is 9.72 Å². The quantitative estimate of drug-likeness (QED) is 0.476. The van der Waals surface area contributed by atoms with Gasteiger partial charge in [-0.3, -0.25) is 14.9 Å². The van der Waals surface area contributed by atoms with E-state index in [1.165, 1.54) is 12.1 Å². The highest BCUT2D eigenvalue weighted by atomic mass is 35.5. The number of nitro benzene ring substituents is 1. The maximum atomic E-state index is 12.3. The van der Waals surface area contributed by atoms with Gasteiger partial charge in [-0.25, -0.2) is 0 Å². The Morgan fingerprint density at radius 3 is 2.79 bits per heavy atom. The number of likely N-dealkylation sites (tertiary alicyclic amines) is 1. The van der Waals surface area contributed by atoms with Crippen molar-refractivity contribution in [3.05, 3.63) is 39.9 Å². The third kappa shape index (κ3) is 2.87. The predicted molar refractivity (Wildman–Crippen MR) is 72.4 cm³/mol. The van der Waals surface area contributed by atoms with Gasteiger partial charge in [0.05, 0.1) is 10.3 Å². The first-order chi connectivity index (χ1) is 9.00. The minimum absolute atomic E-state index is 0.0968. The number of nitro groups is 1. The van der Waals surface area contributed by atoms with E-state index in [0.717, 1.165) is 6.42 Å². The molecule has 1 saturated heterocycles. The lowest BCUT2D eigenvalue weighted by Crippen LogP contribution is -2.43. The van der Waals surface area contributed by atoms with Gasteiger partial charge in [-0.05, 0) is 18.4 Å². The van der Waals surface area contributed by atoms with Gasteiger partial charge in [0.15, 0.2) is 0 Å². The zero-order valence-electron chi connectivity index (χ0n) is 10.6. The van der Waals surface area contributed by atoms with E-state index in [2.05, 4.69) is 0 Å². The Morgan fingerprint density at radius 2 is 2.16 bits per heavy atom. The highest BCUT2D eigenvalue weighted by Crippen LogP contribution is 2.25. The van der Waals surface area contributed by atoms with Crippen LogP contribution in [0.25, 0.3) is 0 Å². The van der Waals surface area contributed by atoms with E-state index in [-0.39, 0.29) is 22.5 Å². The molecule has 1 amide bonds. The fraction of sp³-hybridized carbons (Fsp3) is 0.462. The number of piperidine rings is 1. The molecule has 2 rings (SSSR count). The molecule has 0 aliphatic carbocycles. The van der Waals surface area contributed by atoms with Crippen LogP contribution in [0.2, 0.25) is 0 Å². The van der Waals surface area contributed by atoms with Crippen LogP contribution in [-0.2, 0) is 0 Å². The van der Waals surface area contributed by atoms with Crippen molar-refractivity contribution >= 4 is 23.2 Å². The number of carbonyl (C=O) groups excluding carboxylic acids is 1. The molecular formula is C13H15ClN2O3. The van der Waals surface area contributed by atoms with Crippen molar-refractivity contribution in [3.63, 3.8) is 0 Å². The summed E-state index contributed by atoms with van der Waals surface area (Å²) in [4.78, 5) is 24.3. The predicted octanol–water partition coefficient (Wildman–Crippen LogP) is 2.68. The van der Waals surface area contributed by atoms with Crippen molar-refractivity contribution in [1.82, 2.24) is 4.90 Å². The summed E-state index contributed by atoms with van der Waals surface area (Å²) in [5.41, 5.74) is -0.0248. The van der Waals surface area contributed by atoms with E-state index in [9.17, 15) is 14.9 Å². The average molecular weight is 283 g/mol. The second-order valence-corrected chi connectivity index (χ2v) is 5.37. The van der Waals surface area contributed by atoms with E-state index in [1.54, 1.807) is 17.0 Å². The number of alkyl halides is 1. The number of para-hydroxylation sites is 1. The SMILES string of the molecule is CC1CCN(C(=O)c2ccccc2[N+](=O)[O-])CC1Cl. The van der Waals surface area contributed by atoms with Crippen molar-refractivity contribution in [2.75, 3.05) is 13.1 Å². The number of halogens is 1. The molecule has 0 aromatic heterocycles. The molecule has 2 atom stereocenters. The summed E-state index contributed by atoms with van der Waals surface area (Å²) in [6, 6.07) is 6.02. The Kier molecular flexibility index (Phi) is 4.04. The van der Waals surface area contributed by atoms with E-state index in [1.807, 2.05) is 6.92 Å². The number of carbonyl (C=O) groups is 1. The normalized spacial score (nSPS) is 23.2. The Balaban J connectivity index is 2.23. The molecule has 5 nitrogen and oxygen atoms in total. The summed E-state index contributed by atoms with van der Waals surface area (Å²) < 4.78 is 0. The molecular weight excluding hydrogens is 268 g/mol. The van der Waals surface area contributed by atoms with Gasteiger partial charge in [-0.1, -0.05) is 19.1 Å². The maximum Gasteiger partial charge on any atom is 0.282 e. The summed E-state index contributed by atoms with van der Waals surface area (Å²) in [5.74, 6) is 0.0429. The zero-order chi connectivity index (χ0) is 14.0. The molecule has 2 unspecified atom stereocenters. The second kappa shape index (κ2) is 5.57. The van der Waals surface area contributed by atoms with Crippen LogP contribution in [0, 0.1) is 16.0 Å². The summed E-state index contributed by atoms with van der Waals surface area (Å²) in [7, 11) is 0. The number of rotatable bonds is 2. The van der Waals surface area contributed by atoms with Gasteiger partial charge in [0, 0.05) is 19.2 Å². The highest BCUT2D eigenvalue weighted by Gasteiger charge is 2.30. The molecule has 1 aliphatic rings. The summed E-state index contributed by atoms with van der Waals surface area (Å²) in [6.07, 6.45) is 0.820. The molecule has 1 aliphatic heterocycles. The van der Waals surface area contributed by atoms with Gasteiger partial charge in [0.25, 0.3) is 11.6 Å². The van der Waals surface area contributed by atoms with Gasteiger partial charge in [0.1, 0.15) is 5.56 Å². The van der Waals surface area contributed by atoms with Gasteiger partial charge >= 0.3 is 0 Å². The topological polar surface area (TPSA) is 63.5 Å². The standard InChI is InChI=1S/C13H15ClN2O3/c1-9-6-7-15(8-11(9)14)13(17)10-4-2-3-5-12(10)16(18)19/h2-5,9,11H,6-8H2,1H3. The fourth-order valence-corrected chi connectivity index (χ4v) is 2.48. The molecule has 1 fully saturated rings. The summed E-state index contributed by atoms with van der Waals surface area (Å²) in [6.45, 7) is 3.08. The lowest BCUT2D eigenvalue weighted by atomic mass is 9.98. The Morgan fingerprint density at radius 1 is 1.47 bits per heavy atom. The molecule has 1 aromatic carbocycles. The Hall–Kier alpha value is -1.62. The molecule has 102 valence electrons. The fourth-order valence-electron chi connectivity index (χ4n) is 2.19. The molecule has 1 aromatic rings. The van der Waals surface area contributed by atoms with Crippen molar-refractivity contribution in [3.8, 4) is 0 Å². The highest BCUT2D eigenvalue weighted by molar-refractivity contribution is 6.21. The van der Waals surface area contributed by atoms with Crippen LogP contribution in [0.4, 0.5) is 5.69 Å². The first-order valence-corrected chi connectivity index (χ1v) is 6.61. The minimum atomic E-state index is -0.530. The van der Waals surface area contributed by atoms with Gasteiger partial charge in [-0.2, -0.15) is 0 Å². The van der Waals surface area contributed by atoms with Gasteiger partial charge in [-0.15, -0.1) is 11.6 Å². The molecule has 0 bridgehead atoms. The van der Waals surface area contributed by atoms with Crippen LogP contribution in [-0.4, -0.2) is 34.2 Å².